The minimum absolute atomic E-state index is 0. The number of hydrogen-bond donors (Lipinski definition) is 2. The Morgan fingerprint density at radius 3 is 2.61 bits per heavy atom. The summed E-state index contributed by atoms with van der Waals surface area (Å²) < 4.78 is 0. The summed E-state index contributed by atoms with van der Waals surface area (Å²) in [4.78, 5) is 10.2. The van der Waals surface area contributed by atoms with E-state index >= 15 is 0 Å². The van der Waals surface area contributed by atoms with E-state index in [1.807, 2.05) is 0 Å². The highest BCUT2D eigenvalue weighted by molar-refractivity contribution is 6.31. The van der Waals surface area contributed by atoms with Crippen molar-refractivity contribution in [3.63, 3.8) is 0 Å². The average molecular weight is 294 g/mol. The molecular weight excluding hydrogens is 277 g/mol. The summed E-state index contributed by atoms with van der Waals surface area (Å²) in [6, 6.07) is 4.04. The number of rotatable bonds is 6. The zero-order valence-corrected chi connectivity index (χ0v) is 11.4. The Morgan fingerprint density at radius 1 is 1.39 bits per heavy atom. The first-order chi connectivity index (χ1) is 8.06. The summed E-state index contributed by atoms with van der Waals surface area (Å²) in [6.07, 6.45) is 2.50. The molecule has 0 fully saturated rings. The van der Waals surface area contributed by atoms with Crippen molar-refractivity contribution in [2.45, 2.75) is 25.3 Å². The number of nitro groups is 1. The van der Waals surface area contributed by atoms with E-state index in [4.69, 9.17) is 23.1 Å². The van der Waals surface area contributed by atoms with Crippen LogP contribution >= 0.6 is 24.0 Å². The standard InChI is InChI=1S/C11H16ClN3O2.ClH/c12-10-5-4-8(15(16)17)7-9(10)11(14)3-1-2-6-13;/h4-5,7,11H,1-3,6,13-14H2;1H/t11-;/m0./s1. The van der Waals surface area contributed by atoms with Crippen molar-refractivity contribution in [1.82, 2.24) is 0 Å². The lowest BCUT2D eigenvalue weighted by Gasteiger charge is -2.13. The number of nitrogens with two attached hydrogens (primary N) is 2. The van der Waals surface area contributed by atoms with E-state index in [0.717, 1.165) is 19.3 Å². The minimum Gasteiger partial charge on any atom is -0.330 e. The van der Waals surface area contributed by atoms with Gasteiger partial charge in [-0.05, 0) is 31.0 Å². The van der Waals surface area contributed by atoms with Gasteiger partial charge in [0.15, 0.2) is 0 Å². The maximum absolute atomic E-state index is 10.7. The van der Waals surface area contributed by atoms with Gasteiger partial charge in [-0.2, -0.15) is 0 Å². The molecule has 0 heterocycles. The molecule has 0 saturated carbocycles. The number of non-ortho nitro benzene ring substituents is 1. The molecule has 1 aromatic rings. The summed E-state index contributed by atoms with van der Waals surface area (Å²) in [5.41, 5.74) is 12.0. The maximum Gasteiger partial charge on any atom is 0.269 e. The Kier molecular flexibility index (Phi) is 7.86. The van der Waals surface area contributed by atoms with E-state index in [9.17, 15) is 10.1 Å². The maximum atomic E-state index is 10.7. The van der Waals surface area contributed by atoms with E-state index in [-0.39, 0.29) is 24.1 Å². The van der Waals surface area contributed by atoms with Crippen LogP contribution in [-0.2, 0) is 0 Å². The van der Waals surface area contributed by atoms with E-state index in [2.05, 4.69) is 0 Å². The molecule has 7 heteroatoms. The first kappa shape index (κ1) is 17.1. The summed E-state index contributed by atoms with van der Waals surface area (Å²) in [7, 11) is 0. The number of benzene rings is 1. The highest BCUT2D eigenvalue weighted by Crippen LogP contribution is 2.28. The zero-order chi connectivity index (χ0) is 12.8. The number of hydrogen-bond acceptors (Lipinski definition) is 4. The molecule has 0 bridgehead atoms. The van der Waals surface area contributed by atoms with Crippen LogP contribution in [0.5, 0.6) is 0 Å². The van der Waals surface area contributed by atoms with E-state index < -0.39 is 4.92 Å². The Bertz CT molecular complexity index is 402. The highest BCUT2D eigenvalue weighted by atomic mass is 35.5. The van der Waals surface area contributed by atoms with Crippen molar-refractivity contribution in [2.24, 2.45) is 11.5 Å². The molecule has 0 amide bonds. The fourth-order valence-electron chi connectivity index (χ4n) is 1.59. The van der Waals surface area contributed by atoms with Crippen LogP contribution in [0.15, 0.2) is 18.2 Å². The predicted octanol–water partition coefficient (Wildman–Crippen LogP) is 2.80. The van der Waals surface area contributed by atoms with Gasteiger partial charge < -0.3 is 11.5 Å². The largest absolute Gasteiger partial charge is 0.330 e. The first-order valence-corrected chi connectivity index (χ1v) is 5.83. The molecule has 0 aliphatic rings. The molecule has 1 atom stereocenters. The second-order valence-electron chi connectivity index (χ2n) is 3.85. The molecule has 102 valence electrons. The normalized spacial score (nSPS) is 11.7. The zero-order valence-electron chi connectivity index (χ0n) is 9.84. The van der Waals surface area contributed by atoms with Crippen molar-refractivity contribution >= 4 is 29.7 Å². The summed E-state index contributed by atoms with van der Waals surface area (Å²) in [5, 5.41) is 11.1. The van der Waals surface area contributed by atoms with Crippen LogP contribution in [0.4, 0.5) is 5.69 Å². The number of halogens is 2. The van der Waals surface area contributed by atoms with Crippen LogP contribution < -0.4 is 11.5 Å². The molecule has 0 saturated heterocycles. The molecule has 0 aliphatic heterocycles. The van der Waals surface area contributed by atoms with Crippen molar-refractivity contribution < 1.29 is 4.92 Å². The molecule has 1 rings (SSSR count). The van der Waals surface area contributed by atoms with Crippen LogP contribution in [0.2, 0.25) is 5.02 Å². The molecule has 5 nitrogen and oxygen atoms in total. The number of nitro benzene ring substituents is 1. The average Bonchev–Trinajstić information content (AvgIpc) is 2.29. The Morgan fingerprint density at radius 2 is 2.06 bits per heavy atom. The molecular formula is C11H17Cl2N3O2. The SMILES string of the molecule is Cl.NCCCC[C@H](N)c1cc([N+](=O)[O-])ccc1Cl. The van der Waals surface area contributed by atoms with Crippen molar-refractivity contribution in [3.8, 4) is 0 Å². The fourth-order valence-corrected chi connectivity index (χ4v) is 1.85. The Balaban J connectivity index is 0.00000289. The van der Waals surface area contributed by atoms with Crippen LogP contribution in [0, 0.1) is 10.1 Å². The van der Waals surface area contributed by atoms with E-state index in [1.165, 1.54) is 18.2 Å². The lowest BCUT2D eigenvalue weighted by atomic mass is 10.0. The van der Waals surface area contributed by atoms with Gasteiger partial charge in [-0.15, -0.1) is 12.4 Å². The van der Waals surface area contributed by atoms with Crippen LogP contribution in [-0.4, -0.2) is 11.5 Å². The van der Waals surface area contributed by atoms with Crippen molar-refractivity contribution in [3.05, 3.63) is 38.9 Å². The fraction of sp³-hybridized carbons (Fsp3) is 0.455. The smallest absolute Gasteiger partial charge is 0.269 e. The van der Waals surface area contributed by atoms with Crippen LogP contribution in [0.3, 0.4) is 0 Å². The second kappa shape index (κ2) is 8.26. The Labute approximate surface area is 117 Å². The van der Waals surface area contributed by atoms with Gasteiger partial charge in [-0.3, -0.25) is 10.1 Å². The summed E-state index contributed by atoms with van der Waals surface area (Å²) >= 11 is 5.98. The van der Waals surface area contributed by atoms with Gasteiger partial charge >= 0.3 is 0 Å². The van der Waals surface area contributed by atoms with Gasteiger partial charge in [0, 0.05) is 23.2 Å². The molecule has 18 heavy (non-hydrogen) atoms. The van der Waals surface area contributed by atoms with Gasteiger partial charge in [-0.25, -0.2) is 0 Å². The molecule has 0 unspecified atom stereocenters. The third kappa shape index (κ3) is 4.78. The molecule has 0 spiro atoms. The molecule has 0 aromatic heterocycles. The minimum atomic E-state index is -0.452. The lowest BCUT2D eigenvalue weighted by molar-refractivity contribution is -0.384. The quantitative estimate of drug-likeness (QED) is 0.479. The highest BCUT2D eigenvalue weighted by Gasteiger charge is 2.14. The van der Waals surface area contributed by atoms with E-state index in [1.54, 1.807) is 0 Å². The Hall–Kier alpha value is -0.880. The van der Waals surface area contributed by atoms with Gasteiger partial charge in [0.25, 0.3) is 5.69 Å². The summed E-state index contributed by atoms with van der Waals surface area (Å²) in [6.45, 7) is 0.620. The second-order valence-corrected chi connectivity index (χ2v) is 4.26. The topological polar surface area (TPSA) is 95.2 Å². The number of nitrogens with zero attached hydrogens (tertiary/aromatic N) is 1. The first-order valence-electron chi connectivity index (χ1n) is 5.45. The molecule has 0 radical (unpaired) electrons. The van der Waals surface area contributed by atoms with Crippen molar-refractivity contribution in [1.29, 1.82) is 0 Å². The third-order valence-electron chi connectivity index (χ3n) is 2.56. The van der Waals surface area contributed by atoms with Crippen LogP contribution in [0.1, 0.15) is 30.9 Å². The molecule has 1 aromatic carbocycles. The molecule has 0 aliphatic carbocycles. The van der Waals surface area contributed by atoms with Gasteiger partial charge in [0.05, 0.1) is 4.92 Å². The third-order valence-corrected chi connectivity index (χ3v) is 2.90. The van der Waals surface area contributed by atoms with Gasteiger partial charge in [0.1, 0.15) is 0 Å². The van der Waals surface area contributed by atoms with E-state index in [0.29, 0.717) is 17.1 Å². The molecule has 4 N–H and O–H groups in total. The van der Waals surface area contributed by atoms with Crippen LogP contribution in [0.25, 0.3) is 0 Å². The van der Waals surface area contributed by atoms with Crippen molar-refractivity contribution in [2.75, 3.05) is 6.54 Å². The predicted molar refractivity (Wildman–Crippen MR) is 75.2 cm³/mol. The monoisotopic (exact) mass is 293 g/mol. The van der Waals surface area contributed by atoms with Gasteiger partial charge in [0.2, 0.25) is 0 Å². The number of unbranched alkanes of at least 4 members (excludes halogenated alkanes) is 1. The lowest BCUT2D eigenvalue weighted by Crippen LogP contribution is -2.12. The summed E-state index contributed by atoms with van der Waals surface area (Å²) in [5.74, 6) is 0. The van der Waals surface area contributed by atoms with Gasteiger partial charge in [-0.1, -0.05) is 18.0 Å².